The number of carbonyl (C=O) groups is 1. The van der Waals surface area contributed by atoms with Crippen molar-refractivity contribution in [2.24, 2.45) is 0 Å². The molecule has 0 atom stereocenters. The summed E-state index contributed by atoms with van der Waals surface area (Å²) < 4.78 is 15.4. The van der Waals surface area contributed by atoms with Crippen molar-refractivity contribution in [1.29, 1.82) is 0 Å². The SMILES string of the molecule is COCCOCC#Cc1cc(C(=O)Oc2ccccc2)cs1. The molecule has 0 N–H and O–H groups in total. The highest BCUT2D eigenvalue weighted by molar-refractivity contribution is 7.10. The number of rotatable bonds is 6. The summed E-state index contributed by atoms with van der Waals surface area (Å²) in [5.41, 5.74) is 0.499. The molecule has 0 aliphatic carbocycles. The molecule has 0 amide bonds. The second kappa shape index (κ2) is 9.00. The van der Waals surface area contributed by atoms with Gasteiger partial charge >= 0.3 is 5.97 Å². The zero-order chi connectivity index (χ0) is 15.6. The molecule has 114 valence electrons. The van der Waals surface area contributed by atoms with E-state index in [4.69, 9.17) is 14.2 Å². The zero-order valence-corrected chi connectivity index (χ0v) is 13.0. The normalized spacial score (nSPS) is 9.86. The molecule has 0 fully saturated rings. The third-order valence-corrected chi connectivity index (χ3v) is 3.45. The van der Waals surface area contributed by atoms with Gasteiger partial charge in [0.2, 0.25) is 0 Å². The first-order valence-electron chi connectivity index (χ1n) is 6.71. The molecular weight excluding hydrogens is 300 g/mol. The van der Waals surface area contributed by atoms with E-state index in [9.17, 15) is 4.79 Å². The van der Waals surface area contributed by atoms with Gasteiger partial charge in [0, 0.05) is 12.5 Å². The Labute approximate surface area is 133 Å². The lowest BCUT2D eigenvalue weighted by atomic mass is 10.3. The van der Waals surface area contributed by atoms with Gasteiger partial charge in [-0.25, -0.2) is 4.79 Å². The van der Waals surface area contributed by atoms with Gasteiger partial charge in [-0.3, -0.25) is 0 Å². The van der Waals surface area contributed by atoms with Crippen LogP contribution in [0.1, 0.15) is 15.2 Å². The third kappa shape index (κ3) is 5.34. The van der Waals surface area contributed by atoms with Crippen LogP contribution in [0, 0.1) is 11.8 Å². The summed E-state index contributed by atoms with van der Waals surface area (Å²) >= 11 is 1.40. The van der Waals surface area contributed by atoms with Crippen molar-refractivity contribution in [3.63, 3.8) is 0 Å². The van der Waals surface area contributed by atoms with Crippen molar-refractivity contribution in [2.75, 3.05) is 26.9 Å². The van der Waals surface area contributed by atoms with Crippen LogP contribution in [0.5, 0.6) is 5.75 Å². The molecule has 2 aromatic rings. The molecule has 0 radical (unpaired) electrons. The molecule has 0 unspecified atom stereocenters. The number of thiophene rings is 1. The Morgan fingerprint density at radius 2 is 2.05 bits per heavy atom. The van der Waals surface area contributed by atoms with E-state index in [1.165, 1.54) is 11.3 Å². The van der Waals surface area contributed by atoms with Gasteiger partial charge < -0.3 is 14.2 Å². The number of esters is 1. The molecule has 0 aliphatic rings. The number of hydrogen-bond donors (Lipinski definition) is 0. The minimum absolute atomic E-state index is 0.338. The molecule has 0 bridgehead atoms. The van der Waals surface area contributed by atoms with Gasteiger partial charge in [-0.2, -0.15) is 0 Å². The van der Waals surface area contributed by atoms with E-state index in [-0.39, 0.29) is 5.97 Å². The molecule has 0 saturated carbocycles. The number of hydrogen-bond acceptors (Lipinski definition) is 5. The third-order valence-electron chi connectivity index (χ3n) is 2.61. The second-order valence-electron chi connectivity index (χ2n) is 4.25. The van der Waals surface area contributed by atoms with Gasteiger partial charge in [0.05, 0.1) is 23.7 Å². The molecule has 1 heterocycles. The Kier molecular flexibility index (Phi) is 6.65. The fourth-order valence-electron chi connectivity index (χ4n) is 1.55. The van der Waals surface area contributed by atoms with Crippen LogP contribution in [0.15, 0.2) is 41.8 Å². The quantitative estimate of drug-likeness (QED) is 0.356. The first-order chi connectivity index (χ1) is 10.8. The Hall–Kier alpha value is -2.13. The number of ether oxygens (including phenoxy) is 3. The summed E-state index contributed by atoms with van der Waals surface area (Å²) in [7, 11) is 1.62. The number of carbonyl (C=O) groups excluding carboxylic acids is 1. The molecule has 1 aromatic heterocycles. The molecule has 2 rings (SSSR count). The summed E-state index contributed by atoms with van der Waals surface area (Å²) in [5.74, 6) is 5.99. The molecule has 0 saturated heterocycles. The van der Waals surface area contributed by atoms with Crippen molar-refractivity contribution in [3.05, 3.63) is 52.2 Å². The molecule has 5 heteroatoms. The maximum atomic E-state index is 12.0. The number of methoxy groups -OCH3 is 1. The van der Waals surface area contributed by atoms with E-state index in [1.54, 1.807) is 30.7 Å². The van der Waals surface area contributed by atoms with Crippen LogP contribution >= 0.6 is 11.3 Å². The highest BCUT2D eigenvalue weighted by Crippen LogP contribution is 2.17. The fraction of sp³-hybridized carbons (Fsp3) is 0.235. The van der Waals surface area contributed by atoms with Crippen LogP contribution in [0.2, 0.25) is 0 Å². The molecule has 0 aliphatic heterocycles. The number of para-hydroxylation sites is 1. The Morgan fingerprint density at radius 1 is 1.23 bits per heavy atom. The highest BCUT2D eigenvalue weighted by Gasteiger charge is 2.10. The summed E-state index contributed by atoms with van der Waals surface area (Å²) in [4.78, 5) is 12.8. The molecular formula is C17H16O4S. The minimum Gasteiger partial charge on any atom is -0.423 e. The van der Waals surface area contributed by atoms with E-state index in [1.807, 2.05) is 18.2 Å². The van der Waals surface area contributed by atoms with E-state index >= 15 is 0 Å². The number of benzene rings is 1. The van der Waals surface area contributed by atoms with Crippen molar-refractivity contribution in [1.82, 2.24) is 0 Å². The molecule has 1 aromatic carbocycles. The van der Waals surface area contributed by atoms with Crippen LogP contribution in [0.4, 0.5) is 0 Å². The Morgan fingerprint density at radius 3 is 2.82 bits per heavy atom. The van der Waals surface area contributed by atoms with Crippen molar-refractivity contribution in [3.8, 4) is 17.6 Å². The smallest absolute Gasteiger partial charge is 0.344 e. The summed E-state index contributed by atoms with van der Waals surface area (Å²) in [6, 6.07) is 10.7. The van der Waals surface area contributed by atoms with Gasteiger partial charge in [0.25, 0.3) is 0 Å². The predicted octanol–water partition coefficient (Wildman–Crippen LogP) is 2.98. The average Bonchev–Trinajstić information content (AvgIpc) is 3.01. The van der Waals surface area contributed by atoms with Crippen molar-refractivity contribution in [2.45, 2.75) is 0 Å². The van der Waals surface area contributed by atoms with E-state index in [0.29, 0.717) is 31.1 Å². The van der Waals surface area contributed by atoms with Gasteiger partial charge in [0.15, 0.2) is 0 Å². The first-order valence-corrected chi connectivity index (χ1v) is 7.59. The lowest BCUT2D eigenvalue weighted by Gasteiger charge is -2.01. The van der Waals surface area contributed by atoms with Gasteiger partial charge in [-0.1, -0.05) is 30.0 Å². The highest BCUT2D eigenvalue weighted by atomic mass is 32.1. The second-order valence-corrected chi connectivity index (χ2v) is 5.16. The largest absolute Gasteiger partial charge is 0.423 e. The summed E-state index contributed by atoms with van der Waals surface area (Å²) in [5, 5.41) is 1.74. The minimum atomic E-state index is -0.383. The molecule has 4 nitrogen and oxygen atoms in total. The van der Waals surface area contributed by atoms with Crippen LogP contribution in [0.3, 0.4) is 0 Å². The van der Waals surface area contributed by atoms with Gasteiger partial charge in [0.1, 0.15) is 12.4 Å². The Balaban J connectivity index is 1.86. The predicted molar refractivity (Wildman–Crippen MR) is 85.3 cm³/mol. The Bertz CT molecular complexity index is 652. The average molecular weight is 316 g/mol. The van der Waals surface area contributed by atoms with Crippen LogP contribution in [-0.4, -0.2) is 32.9 Å². The lowest BCUT2D eigenvalue weighted by molar-refractivity contribution is 0.0735. The van der Waals surface area contributed by atoms with Crippen LogP contribution in [-0.2, 0) is 9.47 Å². The van der Waals surface area contributed by atoms with E-state index in [2.05, 4.69) is 11.8 Å². The first kappa shape index (κ1) is 16.2. The topological polar surface area (TPSA) is 44.8 Å². The summed E-state index contributed by atoms with van der Waals surface area (Å²) in [6.45, 7) is 1.41. The van der Waals surface area contributed by atoms with E-state index < -0.39 is 0 Å². The fourth-order valence-corrected chi connectivity index (χ4v) is 2.30. The van der Waals surface area contributed by atoms with Gasteiger partial charge in [-0.15, -0.1) is 11.3 Å². The maximum Gasteiger partial charge on any atom is 0.344 e. The molecule has 0 spiro atoms. The maximum absolute atomic E-state index is 12.0. The zero-order valence-electron chi connectivity index (χ0n) is 12.2. The standard InChI is InChI=1S/C17H16O4S/c1-19-10-11-20-9-5-8-16-12-14(13-22-16)17(18)21-15-6-3-2-4-7-15/h2-4,6-7,12-13H,9-11H2,1H3. The molecule has 22 heavy (non-hydrogen) atoms. The van der Waals surface area contributed by atoms with Crippen LogP contribution < -0.4 is 4.74 Å². The summed E-state index contributed by atoms with van der Waals surface area (Å²) in [6.07, 6.45) is 0. The van der Waals surface area contributed by atoms with Crippen molar-refractivity contribution < 1.29 is 19.0 Å². The monoisotopic (exact) mass is 316 g/mol. The lowest BCUT2D eigenvalue weighted by Crippen LogP contribution is -2.06. The van der Waals surface area contributed by atoms with Gasteiger partial charge in [-0.05, 0) is 18.2 Å². The van der Waals surface area contributed by atoms with E-state index in [0.717, 1.165) is 4.88 Å². The van der Waals surface area contributed by atoms with Crippen LogP contribution in [0.25, 0.3) is 0 Å². The van der Waals surface area contributed by atoms with Crippen molar-refractivity contribution >= 4 is 17.3 Å².